The summed E-state index contributed by atoms with van der Waals surface area (Å²) in [5.41, 5.74) is 0.764. The van der Waals surface area contributed by atoms with E-state index in [0.717, 1.165) is 11.4 Å². The van der Waals surface area contributed by atoms with Crippen molar-refractivity contribution in [2.45, 2.75) is 11.3 Å². The van der Waals surface area contributed by atoms with Crippen LogP contribution in [0.3, 0.4) is 0 Å². The zero-order chi connectivity index (χ0) is 11.6. The van der Waals surface area contributed by atoms with Gasteiger partial charge in [-0.15, -0.1) is 0 Å². The van der Waals surface area contributed by atoms with Gasteiger partial charge in [-0.1, -0.05) is 18.2 Å². The smallest absolute Gasteiger partial charge is 0.175 e. The summed E-state index contributed by atoms with van der Waals surface area (Å²) in [6.45, 7) is 0. The summed E-state index contributed by atoms with van der Waals surface area (Å²) in [5.74, 6) is 0.760. The molecule has 0 atom stereocenters. The van der Waals surface area contributed by atoms with Crippen molar-refractivity contribution in [1.29, 1.82) is 0 Å². The summed E-state index contributed by atoms with van der Waals surface area (Å²) in [6.07, 6.45) is 5.08. The highest BCUT2D eigenvalue weighted by Crippen LogP contribution is 2.17. The van der Waals surface area contributed by atoms with Gasteiger partial charge in [0.25, 0.3) is 0 Å². The highest BCUT2D eigenvalue weighted by Gasteiger charge is 2.12. The molecule has 0 bridgehead atoms. The molecule has 1 aromatic heterocycles. The number of H-pyrrole nitrogens is 1. The van der Waals surface area contributed by atoms with E-state index in [1.807, 2.05) is 6.07 Å². The van der Waals surface area contributed by atoms with Crippen LogP contribution in [0, 0.1) is 0 Å². The highest BCUT2D eigenvalue weighted by atomic mass is 32.2. The minimum absolute atomic E-state index is 0.367. The summed E-state index contributed by atoms with van der Waals surface area (Å²) in [4.78, 5) is 7.41. The maximum atomic E-state index is 11.6. The Kier molecular flexibility index (Phi) is 2.78. The lowest BCUT2D eigenvalue weighted by Crippen LogP contribution is -2.03. The molecule has 0 spiro atoms. The van der Waals surface area contributed by atoms with Crippen molar-refractivity contribution in [2.24, 2.45) is 0 Å². The van der Waals surface area contributed by atoms with E-state index in [-0.39, 0.29) is 0 Å². The fourth-order valence-electron chi connectivity index (χ4n) is 1.59. The first-order valence-electron chi connectivity index (χ1n) is 4.83. The van der Waals surface area contributed by atoms with E-state index in [0.29, 0.717) is 11.3 Å². The Morgan fingerprint density at radius 3 is 2.69 bits per heavy atom. The van der Waals surface area contributed by atoms with Gasteiger partial charge in [-0.05, 0) is 11.6 Å². The number of benzene rings is 1. The van der Waals surface area contributed by atoms with E-state index in [2.05, 4.69) is 9.97 Å². The second-order valence-electron chi connectivity index (χ2n) is 3.59. The number of nitrogens with one attached hydrogen (secondary N) is 1. The van der Waals surface area contributed by atoms with Crippen LogP contribution >= 0.6 is 0 Å². The Morgan fingerprint density at radius 1 is 1.31 bits per heavy atom. The summed E-state index contributed by atoms with van der Waals surface area (Å²) >= 11 is 0. The van der Waals surface area contributed by atoms with Gasteiger partial charge in [0.2, 0.25) is 0 Å². The van der Waals surface area contributed by atoms with Crippen LogP contribution in [-0.4, -0.2) is 24.6 Å². The molecule has 0 unspecified atom stereocenters. The quantitative estimate of drug-likeness (QED) is 0.876. The van der Waals surface area contributed by atoms with Gasteiger partial charge in [0, 0.05) is 25.1 Å². The van der Waals surface area contributed by atoms with Crippen LogP contribution in [0.2, 0.25) is 0 Å². The Hall–Kier alpha value is -1.62. The summed E-state index contributed by atoms with van der Waals surface area (Å²) in [7, 11) is -3.18. The maximum absolute atomic E-state index is 11.6. The molecule has 84 valence electrons. The van der Waals surface area contributed by atoms with Gasteiger partial charge in [-0.25, -0.2) is 13.4 Å². The molecule has 1 aromatic carbocycles. The second kappa shape index (κ2) is 4.09. The van der Waals surface area contributed by atoms with E-state index in [1.54, 1.807) is 30.6 Å². The Labute approximate surface area is 94.3 Å². The molecule has 1 N–H and O–H groups in total. The third-order valence-corrected chi connectivity index (χ3v) is 3.48. The SMILES string of the molecule is CS(=O)(=O)c1ccccc1Cc1ncc[nH]1. The van der Waals surface area contributed by atoms with E-state index in [1.165, 1.54) is 6.26 Å². The number of aromatic nitrogens is 2. The van der Waals surface area contributed by atoms with Crippen LogP contribution in [0.4, 0.5) is 0 Å². The Morgan fingerprint density at radius 2 is 2.06 bits per heavy atom. The molecule has 0 amide bonds. The second-order valence-corrected chi connectivity index (χ2v) is 5.58. The Balaban J connectivity index is 2.42. The number of rotatable bonds is 3. The maximum Gasteiger partial charge on any atom is 0.175 e. The number of nitrogens with zero attached hydrogens (tertiary/aromatic N) is 1. The number of imidazole rings is 1. The predicted octanol–water partition coefficient (Wildman–Crippen LogP) is 1.40. The van der Waals surface area contributed by atoms with Crippen molar-refractivity contribution in [3.8, 4) is 0 Å². The lowest BCUT2D eigenvalue weighted by atomic mass is 10.1. The number of hydrogen-bond acceptors (Lipinski definition) is 3. The molecule has 16 heavy (non-hydrogen) atoms. The molecule has 0 saturated carbocycles. The molecule has 4 nitrogen and oxygen atoms in total. The average Bonchev–Trinajstić information content (AvgIpc) is 2.70. The van der Waals surface area contributed by atoms with Gasteiger partial charge in [0.1, 0.15) is 5.82 Å². The van der Waals surface area contributed by atoms with Crippen LogP contribution in [0.25, 0.3) is 0 Å². The summed E-state index contributed by atoms with van der Waals surface area (Å²) in [5, 5.41) is 0. The van der Waals surface area contributed by atoms with E-state index < -0.39 is 9.84 Å². The molecule has 0 aliphatic heterocycles. The van der Waals surface area contributed by atoms with Gasteiger partial charge >= 0.3 is 0 Å². The van der Waals surface area contributed by atoms with Crippen molar-refractivity contribution in [2.75, 3.05) is 6.26 Å². The molecule has 0 aliphatic carbocycles. The molecular formula is C11H12N2O2S. The highest BCUT2D eigenvalue weighted by molar-refractivity contribution is 7.90. The number of aromatic amines is 1. The lowest BCUT2D eigenvalue weighted by molar-refractivity contribution is 0.601. The van der Waals surface area contributed by atoms with Crippen molar-refractivity contribution in [3.05, 3.63) is 48.0 Å². The third-order valence-electron chi connectivity index (χ3n) is 2.28. The van der Waals surface area contributed by atoms with Crippen LogP contribution in [-0.2, 0) is 16.3 Å². The number of hydrogen-bond donors (Lipinski definition) is 1. The predicted molar refractivity (Wildman–Crippen MR) is 60.9 cm³/mol. The summed E-state index contributed by atoms with van der Waals surface area (Å²) < 4.78 is 23.1. The molecule has 0 aliphatic rings. The topological polar surface area (TPSA) is 62.8 Å². The lowest BCUT2D eigenvalue weighted by Gasteiger charge is -2.05. The largest absolute Gasteiger partial charge is 0.348 e. The standard InChI is InChI=1S/C11H12N2O2S/c1-16(14,15)10-5-3-2-4-9(10)8-11-12-6-7-13-11/h2-7H,8H2,1H3,(H,12,13). The molecule has 2 rings (SSSR count). The van der Waals surface area contributed by atoms with Crippen molar-refractivity contribution >= 4 is 9.84 Å². The van der Waals surface area contributed by atoms with Crippen LogP contribution in [0.5, 0.6) is 0 Å². The fraction of sp³-hybridized carbons (Fsp3) is 0.182. The summed E-state index contributed by atoms with van der Waals surface area (Å²) in [6, 6.07) is 6.97. The minimum Gasteiger partial charge on any atom is -0.348 e. The first-order chi connectivity index (χ1) is 7.57. The Bertz CT molecular complexity index is 574. The van der Waals surface area contributed by atoms with Gasteiger partial charge in [0.05, 0.1) is 4.90 Å². The van der Waals surface area contributed by atoms with Gasteiger partial charge in [0.15, 0.2) is 9.84 Å². The molecule has 2 aromatic rings. The normalized spacial score (nSPS) is 11.6. The van der Waals surface area contributed by atoms with Crippen molar-refractivity contribution < 1.29 is 8.42 Å². The third kappa shape index (κ3) is 2.30. The van der Waals surface area contributed by atoms with Crippen LogP contribution in [0.15, 0.2) is 41.6 Å². The fourth-order valence-corrected chi connectivity index (χ4v) is 2.53. The molecule has 0 fully saturated rings. The molecule has 1 heterocycles. The van der Waals surface area contributed by atoms with E-state index in [4.69, 9.17) is 0 Å². The first-order valence-corrected chi connectivity index (χ1v) is 6.73. The minimum atomic E-state index is -3.18. The zero-order valence-corrected chi connectivity index (χ0v) is 9.66. The van der Waals surface area contributed by atoms with Gasteiger partial charge in [-0.3, -0.25) is 0 Å². The molecular weight excluding hydrogens is 224 g/mol. The first kappa shape index (κ1) is 10.9. The average molecular weight is 236 g/mol. The van der Waals surface area contributed by atoms with Crippen LogP contribution < -0.4 is 0 Å². The molecule has 0 radical (unpaired) electrons. The van der Waals surface area contributed by atoms with Crippen molar-refractivity contribution in [3.63, 3.8) is 0 Å². The van der Waals surface area contributed by atoms with Gasteiger partial charge < -0.3 is 4.98 Å². The van der Waals surface area contributed by atoms with E-state index >= 15 is 0 Å². The van der Waals surface area contributed by atoms with E-state index in [9.17, 15) is 8.42 Å². The molecule has 5 heteroatoms. The van der Waals surface area contributed by atoms with Crippen molar-refractivity contribution in [1.82, 2.24) is 9.97 Å². The number of sulfone groups is 1. The van der Waals surface area contributed by atoms with Gasteiger partial charge in [-0.2, -0.15) is 0 Å². The monoisotopic (exact) mass is 236 g/mol. The van der Waals surface area contributed by atoms with Crippen LogP contribution in [0.1, 0.15) is 11.4 Å². The molecule has 0 saturated heterocycles. The zero-order valence-electron chi connectivity index (χ0n) is 8.84.